The number of carbonyl (C=O) groups excluding carboxylic acids is 1. The van der Waals surface area contributed by atoms with E-state index < -0.39 is 12.0 Å². The Morgan fingerprint density at radius 3 is 2.67 bits per heavy atom. The van der Waals surface area contributed by atoms with Gasteiger partial charge in [0, 0.05) is 6.42 Å². The highest BCUT2D eigenvalue weighted by molar-refractivity contribution is 5.83. The number of aryl methyl sites for hydroxylation is 1. The molecule has 0 aliphatic heterocycles. The summed E-state index contributed by atoms with van der Waals surface area (Å²) in [6.45, 7) is 1.47. The first-order valence-electron chi connectivity index (χ1n) is 8.27. The highest BCUT2D eigenvalue weighted by Gasteiger charge is 2.18. The molecule has 124 valence electrons. The van der Waals surface area contributed by atoms with Gasteiger partial charge in [0.15, 0.2) is 0 Å². The average molecular weight is 323 g/mol. The van der Waals surface area contributed by atoms with Gasteiger partial charge in [0.05, 0.1) is 0 Å². The molecule has 0 aromatic heterocycles. The van der Waals surface area contributed by atoms with Crippen LogP contribution in [-0.4, -0.2) is 23.0 Å². The van der Waals surface area contributed by atoms with Crippen molar-refractivity contribution in [3.05, 3.63) is 59.2 Å². The molecule has 4 nitrogen and oxygen atoms in total. The molecule has 0 spiro atoms. The van der Waals surface area contributed by atoms with E-state index in [1.807, 2.05) is 0 Å². The van der Waals surface area contributed by atoms with E-state index in [4.69, 9.17) is 5.11 Å². The fourth-order valence-corrected chi connectivity index (χ4v) is 3.15. The Balaban J connectivity index is 1.59. The van der Waals surface area contributed by atoms with Crippen molar-refractivity contribution in [2.75, 3.05) is 0 Å². The molecule has 4 heteroatoms. The number of nitrogens with one attached hydrogen (secondary N) is 1. The SMILES string of the molecule is CC(NC(=O)CCCc1ccc2c(c1)-c1ccccc1C2)C(=O)O. The first kappa shape index (κ1) is 16.2. The molecule has 1 atom stereocenters. The average Bonchev–Trinajstić information content (AvgIpc) is 2.92. The summed E-state index contributed by atoms with van der Waals surface area (Å²) >= 11 is 0. The third-order valence-electron chi connectivity index (χ3n) is 4.48. The van der Waals surface area contributed by atoms with Gasteiger partial charge in [-0.1, -0.05) is 42.5 Å². The van der Waals surface area contributed by atoms with Gasteiger partial charge < -0.3 is 10.4 Å². The van der Waals surface area contributed by atoms with Gasteiger partial charge in [-0.2, -0.15) is 0 Å². The second-order valence-electron chi connectivity index (χ2n) is 6.31. The molecule has 2 N–H and O–H groups in total. The maximum Gasteiger partial charge on any atom is 0.325 e. The van der Waals surface area contributed by atoms with E-state index in [2.05, 4.69) is 47.8 Å². The fraction of sp³-hybridized carbons (Fsp3) is 0.300. The van der Waals surface area contributed by atoms with E-state index >= 15 is 0 Å². The molecule has 0 heterocycles. The molecule has 2 aromatic rings. The second kappa shape index (κ2) is 6.87. The number of hydrogen-bond donors (Lipinski definition) is 2. The van der Waals surface area contributed by atoms with Crippen molar-refractivity contribution in [2.45, 2.75) is 38.6 Å². The van der Waals surface area contributed by atoms with E-state index in [0.29, 0.717) is 12.8 Å². The van der Waals surface area contributed by atoms with Gasteiger partial charge in [-0.05, 0) is 54.0 Å². The van der Waals surface area contributed by atoms with E-state index in [9.17, 15) is 9.59 Å². The van der Waals surface area contributed by atoms with Crippen molar-refractivity contribution in [1.82, 2.24) is 5.32 Å². The molecule has 2 aromatic carbocycles. The molecular weight excluding hydrogens is 302 g/mol. The Labute approximate surface area is 141 Å². The molecule has 3 rings (SSSR count). The summed E-state index contributed by atoms with van der Waals surface area (Å²) < 4.78 is 0. The Kier molecular flexibility index (Phi) is 4.65. The zero-order valence-corrected chi connectivity index (χ0v) is 13.7. The Bertz CT molecular complexity index is 782. The van der Waals surface area contributed by atoms with E-state index in [-0.39, 0.29) is 5.91 Å². The number of carbonyl (C=O) groups is 2. The van der Waals surface area contributed by atoms with Crippen LogP contribution in [0, 0.1) is 0 Å². The van der Waals surface area contributed by atoms with E-state index in [0.717, 1.165) is 12.8 Å². The lowest BCUT2D eigenvalue weighted by atomic mass is 10.00. The van der Waals surface area contributed by atoms with Crippen molar-refractivity contribution in [3.63, 3.8) is 0 Å². The molecule has 0 fully saturated rings. The maximum atomic E-state index is 11.7. The maximum absolute atomic E-state index is 11.7. The summed E-state index contributed by atoms with van der Waals surface area (Å²) in [7, 11) is 0. The largest absolute Gasteiger partial charge is 0.480 e. The van der Waals surface area contributed by atoms with Crippen molar-refractivity contribution < 1.29 is 14.7 Å². The smallest absolute Gasteiger partial charge is 0.325 e. The van der Waals surface area contributed by atoms with E-state index in [1.165, 1.54) is 34.7 Å². The van der Waals surface area contributed by atoms with Crippen LogP contribution in [0.3, 0.4) is 0 Å². The normalized spacial score (nSPS) is 13.0. The molecular formula is C20H21NO3. The number of fused-ring (bicyclic) bond motifs is 3. The zero-order chi connectivity index (χ0) is 17.1. The van der Waals surface area contributed by atoms with Crippen LogP contribution < -0.4 is 5.32 Å². The quantitative estimate of drug-likeness (QED) is 0.732. The third kappa shape index (κ3) is 3.48. The summed E-state index contributed by atoms with van der Waals surface area (Å²) in [4.78, 5) is 22.4. The summed E-state index contributed by atoms with van der Waals surface area (Å²) in [5, 5.41) is 11.3. The highest BCUT2D eigenvalue weighted by atomic mass is 16.4. The van der Waals surface area contributed by atoms with Crippen LogP contribution in [0.2, 0.25) is 0 Å². The van der Waals surface area contributed by atoms with Gasteiger partial charge in [-0.25, -0.2) is 0 Å². The minimum absolute atomic E-state index is 0.212. The van der Waals surface area contributed by atoms with Crippen LogP contribution in [0.25, 0.3) is 11.1 Å². The number of benzene rings is 2. The third-order valence-corrected chi connectivity index (χ3v) is 4.48. The number of amides is 1. The van der Waals surface area contributed by atoms with Crippen molar-refractivity contribution in [1.29, 1.82) is 0 Å². The number of aliphatic carboxylic acids is 1. The molecule has 24 heavy (non-hydrogen) atoms. The number of rotatable bonds is 6. The Morgan fingerprint density at radius 1 is 1.12 bits per heavy atom. The van der Waals surface area contributed by atoms with Crippen molar-refractivity contribution in [2.24, 2.45) is 0 Å². The first-order valence-corrected chi connectivity index (χ1v) is 8.27. The van der Waals surface area contributed by atoms with Crippen LogP contribution in [-0.2, 0) is 22.4 Å². The lowest BCUT2D eigenvalue weighted by Crippen LogP contribution is -2.38. The minimum atomic E-state index is -1.01. The standard InChI is InChI=1S/C20H21NO3/c1-13(20(23)24)21-19(22)8-4-5-14-9-10-16-12-15-6-2-3-7-17(15)18(16)11-14/h2-3,6-7,9-11,13H,4-5,8,12H2,1H3,(H,21,22)(H,23,24). The predicted octanol–water partition coefficient (Wildman–Crippen LogP) is 3.17. The lowest BCUT2D eigenvalue weighted by Gasteiger charge is -2.09. The summed E-state index contributed by atoms with van der Waals surface area (Å²) in [6.07, 6.45) is 2.84. The second-order valence-corrected chi connectivity index (χ2v) is 6.31. The monoisotopic (exact) mass is 323 g/mol. The van der Waals surface area contributed by atoms with Crippen LogP contribution in [0.4, 0.5) is 0 Å². The predicted molar refractivity (Wildman–Crippen MR) is 92.9 cm³/mol. The molecule has 0 saturated carbocycles. The summed E-state index contributed by atoms with van der Waals surface area (Å²) in [5.41, 5.74) is 6.54. The van der Waals surface area contributed by atoms with Crippen LogP contribution in [0.5, 0.6) is 0 Å². The van der Waals surface area contributed by atoms with Gasteiger partial charge in [0.25, 0.3) is 0 Å². The number of hydrogen-bond acceptors (Lipinski definition) is 2. The molecule has 0 saturated heterocycles. The van der Waals surface area contributed by atoms with Gasteiger partial charge >= 0.3 is 5.97 Å². The lowest BCUT2D eigenvalue weighted by molar-refractivity contribution is -0.141. The number of carboxylic acids is 1. The fourth-order valence-electron chi connectivity index (χ4n) is 3.15. The van der Waals surface area contributed by atoms with Gasteiger partial charge in [-0.15, -0.1) is 0 Å². The van der Waals surface area contributed by atoms with Gasteiger partial charge in [-0.3, -0.25) is 9.59 Å². The summed E-state index contributed by atoms with van der Waals surface area (Å²) in [6, 6.07) is 14.2. The van der Waals surface area contributed by atoms with Crippen LogP contribution in [0.1, 0.15) is 36.5 Å². The molecule has 1 unspecified atom stereocenters. The molecule has 1 amide bonds. The Morgan fingerprint density at radius 2 is 1.88 bits per heavy atom. The van der Waals surface area contributed by atoms with Crippen molar-refractivity contribution in [3.8, 4) is 11.1 Å². The van der Waals surface area contributed by atoms with Crippen LogP contribution >= 0.6 is 0 Å². The van der Waals surface area contributed by atoms with Crippen LogP contribution in [0.15, 0.2) is 42.5 Å². The van der Waals surface area contributed by atoms with E-state index in [1.54, 1.807) is 0 Å². The van der Waals surface area contributed by atoms with Gasteiger partial charge in [0.1, 0.15) is 6.04 Å². The summed E-state index contributed by atoms with van der Waals surface area (Å²) in [5.74, 6) is -1.22. The van der Waals surface area contributed by atoms with Crippen molar-refractivity contribution >= 4 is 11.9 Å². The van der Waals surface area contributed by atoms with Gasteiger partial charge in [0.2, 0.25) is 5.91 Å². The molecule has 1 aliphatic carbocycles. The zero-order valence-electron chi connectivity index (χ0n) is 13.7. The topological polar surface area (TPSA) is 66.4 Å². The molecule has 1 aliphatic rings. The molecule has 0 radical (unpaired) electrons. The first-order chi connectivity index (χ1) is 11.5. The number of carboxylic acid groups (broad SMARTS) is 1. The minimum Gasteiger partial charge on any atom is -0.480 e. The highest BCUT2D eigenvalue weighted by Crippen LogP contribution is 2.36. The molecule has 0 bridgehead atoms. The Hall–Kier alpha value is -2.62.